The molecule has 1 N–H and O–H groups in total. The summed E-state index contributed by atoms with van der Waals surface area (Å²) in [4.78, 5) is 1.45. The summed E-state index contributed by atoms with van der Waals surface area (Å²) in [5, 5.41) is 8.12. The summed E-state index contributed by atoms with van der Waals surface area (Å²) >= 11 is 7.81. The molecule has 0 saturated heterocycles. The van der Waals surface area contributed by atoms with Crippen molar-refractivity contribution in [3.8, 4) is 0 Å². The Hall–Kier alpha value is -0.840. The number of rotatable bonds is 3. The van der Waals surface area contributed by atoms with Gasteiger partial charge in [-0.15, -0.1) is 11.3 Å². The van der Waals surface area contributed by atoms with Gasteiger partial charge in [-0.3, -0.25) is 4.68 Å². The van der Waals surface area contributed by atoms with Gasteiger partial charge in [-0.1, -0.05) is 11.6 Å². The Morgan fingerprint density at radius 3 is 3.00 bits per heavy atom. The molecule has 0 spiro atoms. The Kier molecular flexibility index (Phi) is 3.41. The number of halogens is 1. The third kappa shape index (κ3) is 2.33. The number of aryl methyl sites for hydroxylation is 3. The largest absolute Gasteiger partial charge is 0.306 e. The summed E-state index contributed by atoms with van der Waals surface area (Å²) in [6.07, 6.45) is 2.33. The van der Waals surface area contributed by atoms with Crippen LogP contribution in [0.15, 0.2) is 6.07 Å². The van der Waals surface area contributed by atoms with E-state index in [0.717, 1.165) is 23.0 Å². The predicted molar refractivity (Wildman–Crippen MR) is 79.9 cm³/mol. The number of hydrogen-bond acceptors (Lipinski definition) is 3. The van der Waals surface area contributed by atoms with Crippen molar-refractivity contribution in [3.05, 3.63) is 37.8 Å². The Morgan fingerprint density at radius 2 is 2.32 bits per heavy atom. The molecule has 5 heteroatoms. The van der Waals surface area contributed by atoms with Crippen LogP contribution in [0.4, 0.5) is 0 Å². The summed E-state index contributed by atoms with van der Waals surface area (Å²) in [5.41, 5.74) is 5.08. The minimum atomic E-state index is 0.442. The van der Waals surface area contributed by atoms with Crippen molar-refractivity contribution in [2.75, 3.05) is 0 Å². The van der Waals surface area contributed by atoms with Gasteiger partial charge in [0, 0.05) is 35.8 Å². The quantitative estimate of drug-likeness (QED) is 0.939. The molecule has 19 heavy (non-hydrogen) atoms. The number of thiophene rings is 1. The molecule has 0 amide bonds. The average molecular weight is 296 g/mol. The van der Waals surface area contributed by atoms with Gasteiger partial charge < -0.3 is 5.32 Å². The topological polar surface area (TPSA) is 29.9 Å². The Morgan fingerprint density at radius 1 is 1.53 bits per heavy atom. The molecule has 0 bridgehead atoms. The van der Waals surface area contributed by atoms with Crippen molar-refractivity contribution in [2.24, 2.45) is 7.05 Å². The van der Waals surface area contributed by atoms with Crippen molar-refractivity contribution >= 4 is 22.9 Å². The number of hydrogen-bond donors (Lipinski definition) is 1. The van der Waals surface area contributed by atoms with Gasteiger partial charge in [0.15, 0.2) is 0 Å². The molecule has 2 aromatic heterocycles. The lowest BCUT2D eigenvalue weighted by Crippen LogP contribution is -2.19. The number of aromatic nitrogens is 2. The van der Waals surface area contributed by atoms with Crippen LogP contribution >= 0.6 is 22.9 Å². The lowest BCUT2D eigenvalue weighted by Gasteiger charge is -2.13. The molecule has 1 aliphatic rings. The third-order valence-electron chi connectivity index (χ3n) is 4.03. The van der Waals surface area contributed by atoms with Gasteiger partial charge in [0.25, 0.3) is 0 Å². The van der Waals surface area contributed by atoms with E-state index in [0.29, 0.717) is 6.04 Å². The van der Waals surface area contributed by atoms with Gasteiger partial charge in [0.1, 0.15) is 0 Å². The summed E-state index contributed by atoms with van der Waals surface area (Å²) < 4.78 is 2.86. The van der Waals surface area contributed by atoms with Crippen LogP contribution in [0.3, 0.4) is 0 Å². The Bertz CT molecular complexity index is 614. The maximum absolute atomic E-state index is 6.09. The highest BCUT2D eigenvalue weighted by atomic mass is 35.5. The van der Waals surface area contributed by atoms with Crippen LogP contribution in [0.5, 0.6) is 0 Å². The maximum Gasteiger partial charge on any atom is 0.0934 e. The highest BCUT2D eigenvalue weighted by Crippen LogP contribution is 2.39. The molecular formula is C14H18ClN3S. The standard InChI is InChI=1S/C14H18ClN3S/c1-8-11(9(2)18(3)17-8)7-16-12-4-5-13-10(12)6-14(15)19-13/h6,12,16H,4-5,7H2,1-3H3. The Labute approximate surface area is 122 Å². The highest BCUT2D eigenvalue weighted by Gasteiger charge is 2.25. The molecule has 0 aromatic carbocycles. The first-order valence-corrected chi connectivity index (χ1v) is 7.76. The van der Waals surface area contributed by atoms with Crippen LogP contribution in [0.1, 0.15) is 39.9 Å². The molecule has 1 unspecified atom stereocenters. The molecule has 0 saturated carbocycles. The van der Waals surface area contributed by atoms with Crippen LogP contribution in [0.2, 0.25) is 4.34 Å². The lowest BCUT2D eigenvalue weighted by atomic mass is 10.1. The number of nitrogens with one attached hydrogen (secondary N) is 1. The van der Waals surface area contributed by atoms with Crippen LogP contribution < -0.4 is 5.32 Å². The summed E-state index contributed by atoms with van der Waals surface area (Å²) in [7, 11) is 2.00. The van der Waals surface area contributed by atoms with E-state index in [1.807, 2.05) is 11.7 Å². The van der Waals surface area contributed by atoms with E-state index < -0.39 is 0 Å². The summed E-state index contributed by atoms with van der Waals surface area (Å²) in [5.74, 6) is 0. The van der Waals surface area contributed by atoms with Gasteiger partial charge in [0.05, 0.1) is 10.0 Å². The second kappa shape index (κ2) is 4.93. The van der Waals surface area contributed by atoms with Crippen LogP contribution in [-0.4, -0.2) is 9.78 Å². The first-order chi connectivity index (χ1) is 9.06. The van der Waals surface area contributed by atoms with Crippen molar-refractivity contribution in [1.82, 2.24) is 15.1 Å². The van der Waals surface area contributed by atoms with Crippen molar-refractivity contribution in [1.29, 1.82) is 0 Å². The minimum Gasteiger partial charge on any atom is -0.306 e. The van der Waals surface area contributed by atoms with Gasteiger partial charge in [-0.25, -0.2) is 0 Å². The van der Waals surface area contributed by atoms with E-state index in [1.54, 1.807) is 11.3 Å². The van der Waals surface area contributed by atoms with Crippen LogP contribution in [-0.2, 0) is 20.0 Å². The summed E-state index contributed by atoms with van der Waals surface area (Å²) in [6, 6.07) is 2.56. The van der Waals surface area contributed by atoms with Crippen molar-refractivity contribution in [3.63, 3.8) is 0 Å². The zero-order valence-corrected chi connectivity index (χ0v) is 13.0. The minimum absolute atomic E-state index is 0.442. The fourth-order valence-corrected chi connectivity index (χ4v) is 4.20. The molecule has 102 valence electrons. The molecule has 2 heterocycles. The SMILES string of the molecule is Cc1nn(C)c(C)c1CNC1CCc2sc(Cl)cc21. The molecule has 1 atom stereocenters. The first-order valence-electron chi connectivity index (χ1n) is 6.57. The van der Waals surface area contributed by atoms with E-state index in [4.69, 9.17) is 11.6 Å². The van der Waals surface area contributed by atoms with Gasteiger partial charge in [-0.2, -0.15) is 5.10 Å². The van der Waals surface area contributed by atoms with Crippen LogP contribution in [0, 0.1) is 13.8 Å². The van der Waals surface area contributed by atoms with E-state index >= 15 is 0 Å². The second-order valence-corrected chi connectivity index (χ2v) is 6.94. The monoisotopic (exact) mass is 295 g/mol. The Balaban J connectivity index is 1.74. The smallest absolute Gasteiger partial charge is 0.0934 e. The van der Waals surface area contributed by atoms with E-state index in [1.165, 1.54) is 28.1 Å². The fraction of sp³-hybridized carbons (Fsp3) is 0.500. The highest BCUT2D eigenvalue weighted by molar-refractivity contribution is 7.16. The molecule has 1 aliphatic carbocycles. The number of fused-ring (bicyclic) bond motifs is 1. The predicted octanol–water partition coefficient (Wildman–Crippen LogP) is 3.53. The van der Waals surface area contributed by atoms with Crippen LogP contribution in [0.25, 0.3) is 0 Å². The molecule has 2 aromatic rings. The molecular weight excluding hydrogens is 278 g/mol. The maximum atomic E-state index is 6.09. The lowest BCUT2D eigenvalue weighted by molar-refractivity contribution is 0.528. The molecule has 0 fully saturated rings. The third-order valence-corrected chi connectivity index (χ3v) is 5.37. The normalized spacial score (nSPS) is 18.0. The summed E-state index contributed by atoms with van der Waals surface area (Å²) in [6.45, 7) is 5.08. The van der Waals surface area contributed by atoms with E-state index in [9.17, 15) is 0 Å². The van der Waals surface area contributed by atoms with E-state index in [2.05, 4.69) is 30.3 Å². The number of nitrogens with zero attached hydrogens (tertiary/aromatic N) is 2. The first kappa shape index (κ1) is 13.2. The molecule has 0 radical (unpaired) electrons. The molecule has 0 aliphatic heterocycles. The zero-order chi connectivity index (χ0) is 13.6. The average Bonchev–Trinajstić information content (AvgIpc) is 2.95. The fourth-order valence-electron chi connectivity index (χ4n) is 2.84. The second-order valence-electron chi connectivity index (χ2n) is 5.17. The van der Waals surface area contributed by atoms with Crippen molar-refractivity contribution < 1.29 is 0 Å². The zero-order valence-electron chi connectivity index (χ0n) is 11.5. The van der Waals surface area contributed by atoms with Gasteiger partial charge in [-0.05, 0) is 38.3 Å². The van der Waals surface area contributed by atoms with Gasteiger partial charge >= 0.3 is 0 Å². The molecule has 3 rings (SSSR count). The molecule has 3 nitrogen and oxygen atoms in total. The van der Waals surface area contributed by atoms with Crippen molar-refractivity contribution in [2.45, 2.75) is 39.3 Å². The van der Waals surface area contributed by atoms with Gasteiger partial charge in [0.2, 0.25) is 0 Å². The van der Waals surface area contributed by atoms with E-state index in [-0.39, 0.29) is 0 Å².